The molecule has 4 aliphatic rings. The number of carbonyl (C=O) groups is 4. The maximum atomic E-state index is 13.9. The molecule has 18 heteroatoms. The van der Waals surface area contributed by atoms with E-state index in [2.05, 4.69) is 53.5 Å². The van der Waals surface area contributed by atoms with E-state index >= 15 is 0 Å². The van der Waals surface area contributed by atoms with E-state index in [-0.39, 0.29) is 36.4 Å². The molecule has 65 heavy (non-hydrogen) atoms. The molecule has 2 unspecified atom stereocenters. The molecule has 3 aromatic heterocycles. The van der Waals surface area contributed by atoms with Gasteiger partial charge in [-0.05, 0) is 72.0 Å². The van der Waals surface area contributed by atoms with Crippen molar-refractivity contribution >= 4 is 52.0 Å². The number of anilines is 3. The standard InChI is InChI=1S/C47H47FN12O5/c1-65-38-11-7-32(48)21-36(38)45(62)51-22-28-2-5-30(6-3-28)42-41-43(49)52-27-53-44(41)60(55-42)34-14-15-58(26-34)39-12-4-29(23-50-39)24-56-16-18-57(19-17-56)33-8-9-35-31(20-33)25-59(47(35)64)37-10-13-40(61)54-46(37)63/h2-9,11-12,20-21,23,27,34,37H,10,13-19,22,24-26H2,1H3,(H,51,62)(H2,49,52,53)(H,54,61,63). The minimum Gasteiger partial charge on any atom is -0.496 e. The minimum absolute atomic E-state index is 0.0167. The average molecular weight is 879 g/mol. The average Bonchev–Trinajstić information content (AvgIpc) is 4.05. The predicted octanol–water partition coefficient (Wildman–Crippen LogP) is 4.08. The molecule has 3 saturated heterocycles. The predicted molar refractivity (Wildman–Crippen MR) is 239 cm³/mol. The number of piperazine rings is 1. The van der Waals surface area contributed by atoms with E-state index in [0.29, 0.717) is 53.4 Å². The van der Waals surface area contributed by atoms with Gasteiger partial charge >= 0.3 is 0 Å². The van der Waals surface area contributed by atoms with Crippen LogP contribution in [0.15, 0.2) is 85.3 Å². The van der Waals surface area contributed by atoms with Gasteiger partial charge in [-0.1, -0.05) is 30.3 Å². The molecule has 332 valence electrons. The van der Waals surface area contributed by atoms with Gasteiger partial charge in [0.15, 0.2) is 5.65 Å². The van der Waals surface area contributed by atoms with Crippen LogP contribution in [-0.2, 0) is 29.2 Å². The number of halogens is 1. The normalized spacial score (nSPS) is 18.9. The fourth-order valence-electron chi connectivity index (χ4n) is 9.39. The van der Waals surface area contributed by atoms with Crippen molar-refractivity contribution in [1.82, 2.24) is 45.2 Å². The van der Waals surface area contributed by atoms with E-state index in [9.17, 15) is 23.6 Å². The van der Waals surface area contributed by atoms with Crippen LogP contribution in [0.5, 0.6) is 5.75 Å². The highest BCUT2D eigenvalue weighted by Gasteiger charge is 2.39. The molecule has 10 rings (SSSR count). The highest BCUT2D eigenvalue weighted by molar-refractivity contribution is 6.05. The Balaban J connectivity index is 0.743. The van der Waals surface area contributed by atoms with Crippen molar-refractivity contribution in [3.05, 3.63) is 119 Å². The lowest BCUT2D eigenvalue weighted by Gasteiger charge is -2.36. The highest BCUT2D eigenvalue weighted by Crippen LogP contribution is 2.36. The Morgan fingerprint density at radius 1 is 0.908 bits per heavy atom. The number of nitrogens with zero attached hydrogens (tertiary/aromatic N) is 9. The summed E-state index contributed by atoms with van der Waals surface area (Å²) < 4.78 is 21.1. The molecule has 7 heterocycles. The molecule has 6 aromatic rings. The third kappa shape index (κ3) is 8.16. The number of nitrogen functional groups attached to an aromatic ring is 1. The maximum Gasteiger partial charge on any atom is 0.255 e. The number of pyridine rings is 1. The zero-order chi connectivity index (χ0) is 44.8. The molecule has 0 bridgehead atoms. The molecule has 2 atom stereocenters. The van der Waals surface area contributed by atoms with Crippen LogP contribution in [0.3, 0.4) is 0 Å². The number of rotatable bonds is 11. The topological polar surface area (TPSA) is 197 Å². The first-order chi connectivity index (χ1) is 31.6. The van der Waals surface area contributed by atoms with Crippen molar-refractivity contribution in [2.75, 3.05) is 61.9 Å². The number of hydrogen-bond donors (Lipinski definition) is 3. The molecular weight excluding hydrogens is 832 g/mol. The van der Waals surface area contributed by atoms with Gasteiger partial charge in [-0.3, -0.25) is 29.4 Å². The Labute approximate surface area is 373 Å². The molecule has 0 radical (unpaired) electrons. The number of methoxy groups -OCH3 is 1. The number of nitrogens with one attached hydrogen (secondary N) is 2. The van der Waals surface area contributed by atoms with Crippen LogP contribution in [0.25, 0.3) is 22.3 Å². The summed E-state index contributed by atoms with van der Waals surface area (Å²) in [5, 5.41) is 11.0. The Kier molecular flexibility index (Phi) is 11.0. The first-order valence-corrected chi connectivity index (χ1v) is 21.7. The van der Waals surface area contributed by atoms with Crippen molar-refractivity contribution in [1.29, 1.82) is 0 Å². The zero-order valence-electron chi connectivity index (χ0n) is 35.7. The Bertz CT molecular complexity index is 2830. The Morgan fingerprint density at radius 2 is 1.72 bits per heavy atom. The fraction of sp³-hybridized carbons (Fsp3) is 0.319. The van der Waals surface area contributed by atoms with Gasteiger partial charge in [0.2, 0.25) is 11.8 Å². The van der Waals surface area contributed by atoms with Crippen molar-refractivity contribution < 1.29 is 28.3 Å². The van der Waals surface area contributed by atoms with Crippen LogP contribution in [0, 0.1) is 5.82 Å². The lowest BCUT2D eigenvalue weighted by atomic mass is 10.0. The number of ether oxygens (including phenoxy) is 1. The minimum atomic E-state index is -0.625. The number of carbonyl (C=O) groups excluding carboxylic acids is 4. The van der Waals surface area contributed by atoms with Gasteiger partial charge in [0, 0.05) is 88.3 Å². The van der Waals surface area contributed by atoms with Crippen LogP contribution in [0.4, 0.5) is 21.7 Å². The summed E-state index contributed by atoms with van der Waals surface area (Å²) in [6.07, 6.45) is 4.84. The number of benzene rings is 3. The summed E-state index contributed by atoms with van der Waals surface area (Å²) in [5.41, 5.74) is 13.3. The van der Waals surface area contributed by atoms with Gasteiger partial charge in [0.25, 0.3) is 11.8 Å². The van der Waals surface area contributed by atoms with Gasteiger partial charge in [-0.15, -0.1) is 0 Å². The number of fused-ring (bicyclic) bond motifs is 2. The fourth-order valence-corrected chi connectivity index (χ4v) is 9.39. The Morgan fingerprint density at radius 3 is 2.49 bits per heavy atom. The zero-order valence-corrected chi connectivity index (χ0v) is 35.7. The van der Waals surface area contributed by atoms with Crippen molar-refractivity contribution in [3.8, 4) is 17.0 Å². The van der Waals surface area contributed by atoms with Crippen molar-refractivity contribution in [2.24, 2.45) is 0 Å². The van der Waals surface area contributed by atoms with Gasteiger partial charge < -0.3 is 30.5 Å². The number of piperidine rings is 1. The number of aromatic nitrogens is 5. The summed E-state index contributed by atoms with van der Waals surface area (Å²) >= 11 is 0. The molecule has 0 spiro atoms. The molecule has 3 aromatic carbocycles. The van der Waals surface area contributed by atoms with Gasteiger partial charge in [0.1, 0.15) is 41.3 Å². The molecule has 4 N–H and O–H groups in total. The van der Waals surface area contributed by atoms with E-state index in [1.807, 2.05) is 47.3 Å². The number of amides is 4. The molecule has 4 aliphatic heterocycles. The molecule has 3 fully saturated rings. The summed E-state index contributed by atoms with van der Waals surface area (Å²) in [5.74, 6) is -0.292. The second kappa shape index (κ2) is 17.2. The lowest BCUT2D eigenvalue weighted by molar-refractivity contribution is -0.136. The number of nitrogens with two attached hydrogens (primary N) is 1. The van der Waals surface area contributed by atoms with Gasteiger partial charge in [-0.2, -0.15) is 5.10 Å². The van der Waals surface area contributed by atoms with Crippen LogP contribution >= 0.6 is 0 Å². The van der Waals surface area contributed by atoms with Gasteiger partial charge in [-0.25, -0.2) is 24.0 Å². The van der Waals surface area contributed by atoms with E-state index in [1.54, 1.807) is 4.90 Å². The second-order valence-corrected chi connectivity index (χ2v) is 16.9. The first kappa shape index (κ1) is 41.5. The number of imide groups is 1. The monoisotopic (exact) mass is 878 g/mol. The summed E-state index contributed by atoms with van der Waals surface area (Å²) in [7, 11) is 1.44. The van der Waals surface area contributed by atoms with E-state index < -0.39 is 23.7 Å². The SMILES string of the molecule is COc1ccc(F)cc1C(=O)NCc1ccc(-c2nn(C3CCN(c4ccc(CN5CCN(c6ccc7c(c6)CN(C6CCC(=O)NC6=O)C7=O)CC5)cn4)C3)c3ncnc(N)c23)cc1. The van der Waals surface area contributed by atoms with Crippen LogP contribution < -0.4 is 30.9 Å². The number of hydrogen-bond acceptors (Lipinski definition) is 13. The summed E-state index contributed by atoms with van der Waals surface area (Å²) in [6, 6.07) is 21.0. The van der Waals surface area contributed by atoms with Gasteiger partial charge in [0.05, 0.1) is 24.1 Å². The maximum absolute atomic E-state index is 13.9. The van der Waals surface area contributed by atoms with Crippen molar-refractivity contribution in [2.45, 2.75) is 51.0 Å². The van der Waals surface area contributed by atoms with Crippen LogP contribution in [0.2, 0.25) is 0 Å². The van der Waals surface area contributed by atoms with E-state index in [0.717, 1.165) is 85.5 Å². The molecule has 4 amide bonds. The van der Waals surface area contributed by atoms with E-state index in [1.165, 1.54) is 25.6 Å². The molecule has 0 saturated carbocycles. The third-order valence-electron chi connectivity index (χ3n) is 12.9. The third-order valence-corrected chi connectivity index (χ3v) is 12.9. The largest absolute Gasteiger partial charge is 0.496 e. The second-order valence-electron chi connectivity index (χ2n) is 16.9. The molecule has 17 nitrogen and oxygen atoms in total. The van der Waals surface area contributed by atoms with Crippen LogP contribution in [-0.4, -0.2) is 111 Å². The smallest absolute Gasteiger partial charge is 0.255 e. The molecule has 0 aliphatic carbocycles. The summed E-state index contributed by atoms with van der Waals surface area (Å²) in [4.78, 5) is 72.6. The lowest BCUT2D eigenvalue weighted by Crippen LogP contribution is -2.52. The summed E-state index contributed by atoms with van der Waals surface area (Å²) in [6.45, 7) is 6.28. The highest BCUT2D eigenvalue weighted by atomic mass is 19.1. The van der Waals surface area contributed by atoms with Crippen molar-refractivity contribution in [3.63, 3.8) is 0 Å². The Hall–Kier alpha value is -7.47. The van der Waals surface area contributed by atoms with E-state index in [4.69, 9.17) is 20.6 Å². The molecular formula is C47H47FN12O5. The quantitative estimate of drug-likeness (QED) is 0.158. The van der Waals surface area contributed by atoms with Crippen LogP contribution in [0.1, 0.15) is 62.7 Å². The first-order valence-electron chi connectivity index (χ1n) is 21.7.